The van der Waals surface area contributed by atoms with Crippen LogP contribution >= 0.6 is 0 Å². The molecule has 0 bridgehead atoms. The predicted octanol–water partition coefficient (Wildman–Crippen LogP) is 4.67. The van der Waals surface area contributed by atoms with Crippen LogP contribution in [0.2, 0.25) is 0 Å². The summed E-state index contributed by atoms with van der Waals surface area (Å²) in [4.78, 5) is 34.0. The van der Waals surface area contributed by atoms with Gasteiger partial charge in [0.1, 0.15) is 24.7 Å². The van der Waals surface area contributed by atoms with Gasteiger partial charge < -0.3 is 23.7 Å². The molecule has 0 radical (unpaired) electrons. The van der Waals surface area contributed by atoms with Gasteiger partial charge in [-0.3, -0.25) is 0 Å². The lowest BCUT2D eigenvalue weighted by Gasteiger charge is -2.18. The molecule has 2 aromatic rings. The first-order chi connectivity index (χ1) is 17.8. The molecule has 0 saturated carbocycles. The van der Waals surface area contributed by atoms with Crippen LogP contribution in [-0.4, -0.2) is 50.4 Å². The topological polar surface area (TPSA) is 97.4 Å². The molecule has 0 saturated heterocycles. The van der Waals surface area contributed by atoms with E-state index in [1.54, 1.807) is 0 Å². The summed E-state index contributed by atoms with van der Waals surface area (Å²) in [7, 11) is 0. The van der Waals surface area contributed by atoms with Crippen LogP contribution in [-0.2, 0) is 28.6 Å². The summed E-state index contributed by atoms with van der Waals surface area (Å²) in [6, 6.07) is 11.6. The highest BCUT2D eigenvalue weighted by Crippen LogP contribution is 2.30. The summed E-state index contributed by atoms with van der Waals surface area (Å²) in [5.74, 6) is -0.354. The molecule has 0 amide bonds. The summed E-state index contributed by atoms with van der Waals surface area (Å²) in [5.41, 5.74) is 3.85. The molecule has 0 N–H and O–H groups in total. The fourth-order valence-corrected chi connectivity index (χ4v) is 3.20. The molecule has 0 aliphatic rings. The maximum atomic E-state index is 11.6. The third-order valence-electron chi connectivity index (χ3n) is 5.09. The standard InChI is InChI=1S/C29H32O8/c1-6-27(30)34-15-9-14-33-25-12-10-22(16-20(25)4)23-11-13-26(21(5)17-23)35-18-24(37-29(32)8-3)19-36-28(31)7-2/h6-8,10-13,16-17,24H,1-3,9,14-15,18-19H2,4-5H3. The van der Waals surface area contributed by atoms with Crippen LogP contribution in [0.5, 0.6) is 11.5 Å². The van der Waals surface area contributed by atoms with Crippen LogP contribution in [0.4, 0.5) is 0 Å². The number of hydrogen-bond acceptors (Lipinski definition) is 8. The van der Waals surface area contributed by atoms with Gasteiger partial charge in [0.15, 0.2) is 6.10 Å². The van der Waals surface area contributed by atoms with Crippen molar-refractivity contribution in [2.75, 3.05) is 26.4 Å². The van der Waals surface area contributed by atoms with Gasteiger partial charge in [-0.1, -0.05) is 31.9 Å². The van der Waals surface area contributed by atoms with Crippen molar-refractivity contribution in [3.63, 3.8) is 0 Å². The fourth-order valence-electron chi connectivity index (χ4n) is 3.20. The van der Waals surface area contributed by atoms with Crippen molar-refractivity contribution in [3.05, 3.63) is 85.5 Å². The van der Waals surface area contributed by atoms with E-state index in [1.807, 2.05) is 50.2 Å². The molecule has 0 aliphatic carbocycles. The molecule has 8 nitrogen and oxygen atoms in total. The van der Waals surface area contributed by atoms with Crippen LogP contribution in [0.1, 0.15) is 17.5 Å². The first-order valence-corrected chi connectivity index (χ1v) is 11.7. The van der Waals surface area contributed by atoms with Gasteiger partial charge in [-0.15, -0.1) is 0 Å². The van der Waals surface area contributed by atoms with Crippen LogP contribution in [0.25, 0.3) is 11.1 Å². The summed E-state index contributed by atoms with van der Waals surface area (Å²) >= 11 is 0. The Kier molecular flexibility index (Phi) is 11.7. The quantitative estimate of drug-likeness (QED) is 0.148. The average Bonchev–Trinajstić information content (AvgIpc) is 2.90. The second-order valence-electron chi connectivity index (χ2n) is 7.94. The molecule has 0 aliphatic heterocycles. The highest BCUT2D eigenvalue weighted by molar-refractivity contribution is 5.82. The van der Waals surface area contributed by atoms with Crippen molar-refractivity contribution in [1.82, 2.24) is 0 Å². The third-order valence-corrected chi connectivity index (χ3v) is 5.09. The highest BCUT2D eigenvalue weighted by Gasteiger charge is 2.17. The van der Waals surface area contributed by atoms with Crippen molar-refractivity contribution in [1.29, 1.82) is 0 Å². The smallest absolute Gasteiger partial charge is 0.330 e. The van der Waals surface area contributed by atoms with E-state index in [1.165, 1.54) is 0 Å². The fraction of sp³-hybridized carbons (Fsp3) is 0.276. The van der Waals surface area contributed by atoms with E-state index in [4.69, 9.17) is 23.7 Å². The summed E-state index contributed by atoms with van der Waals surface area (Å²) in [6.07, 6.45) is 2.96. The zero-order chi connectivity index (χ0) is 27.2. The van der Waals surface area contributed by atoms with E-state index >= 15 is 0 Å². The molecular formula is C29H32O8. The van der Waals surface area contributed by atoms with Gasteiger partial charge in [-0.05, 0) is 60.4 Å². The Morgan fingerprint density at radius 2 is 1.27 bits per heavy atom. The van der Waals surface area contributed by atoms with E-state index in [2.05, 4.69) is 19.7 Å². The lowest BCUT2D eigenvalue weighted by molar-refractivity contribution is -0.154. The Hall–Kier alpha value is -4.33. The molecule has 2 aromatic carbocycles. The second-order valence-corrected chi connectivity index (χ2v) is 7.94. The number of ether oxygens (including phenoxy) is 5. The molecule has 0 fully saturated rings. The second kappa shape index (κ2) is 14.9. The largest absolute Gasteiger partial charge is 0.493 e. The molecule has 0 heterocycles. The number of aryl methyl sites for hydroxylation is 2. The normalized spacial score (nSPS) is 11.0. The minimum absolute atomic E-state index is 0.0118. The van der Waals surface area contributed by atoms with E-state index in [-0.39, 0.29) is 19.8 Å². The van der Waals surface area contributed by atoms with Crippen molar-refractivity contribution >= 4 is 17.9 Å². The molecule has 1 unspecified atom stereocenters. The number of carbonyl (C=O) groups excluding carboxylic acids is 3. The highest BCUT2D eigenvalue weighted by atomic mass is 16.6. The van der Waals surface area contributed by atoms with Crippen LogP contribution in [0, 0.1) is 13.8 Å². The average molecular weight is 509 g/mol. The molecule has 1 atom stereocenters. The van der Waals surface area contributed by atoms with E-state index in [9.17, 15) is 14.4 Å². The van der Waals surface area contributed by atoms with E-state index in [0.29, 0.717) is 18.8 Å². The molecule has 2 rings (SSSR count). The zero-order valence-corrected chi connectivity index (χ0v) is 21.2. The summed E-state index contributed by atoms with van der Waals surface area (Å²) in [5, 5.41) is 0. The Balaban J connectivity index is 1.99. The van der Waals surface area contributed by atoms with Gasteiger partial charge >= 0.3 is 17.9 Å². The van der Waals surface area contributed by atoms with Crippen LogP contribution < -0.4 is 9.47 Å². The minimum atomic E-state index is -0.808. The summed E-state index contributed by atoms with van der Waals surface area (Å²) in [6.45, 7) is 14.4. The van der Waals surface area contributed by atoms with Crippen molar-refractivity contribution < 1.29 is 38.1 Å². The molecule has 196 valence electrons. The van der Waals surface area contributed by atoms with Gasteiger partial charge in [0.05, 0.1) is 13.2 Å². The van der Waals surface area contributed by atoms with Gasteiger partial charge in [-0.2, -0.15) is 0 Å². The van der Waals surface area contributed by atoms with E-state index < -0.39 is 24.0 Å². The van der Waals surface area contributed by atoms with Crippen LogP contribution in [0.15, 0.2) is 74.4 Å². The Morgan fingerprint density at radius 3 is 1.81 bits per heavy atom. The Bertz CT molecular complexity index is 1130. The molecule has 8 heteroatoms. The molecule has 0 spiro atoms. The predicted molar refractivity (Wildman–Crippen MR) is 139 cm³/mol. The minimum Gasteiger partial charge on any atom is -0.493 e. The lowest BCUT2D eigenvalue weighted by Crippen LogP contribution is -2.30. The maximum Gasteiger partial charge on any atom is 0.330 e. The van der Waals surface area contributed by atoms with Crippen molar-refractivity contribution in [2.45, 2.75) is 26.4 Å². The monoisotopic (exact) mass is 508 g/mol. The first kappa shape index (κ1) is 28.9. The number of hydrogen-bond donors (Lipinski definition) is 0. The van der Waals surface area contributed by atoms with E-state index in [0.717, 1.165) is 46.2 Å². The zero-order valence-electron chi connectivity index (χ0n) is 21.2. The number of rotatable bonds is 15. The Labute approximate surface area is 217 Å². The Morgan fingerprint density at radius 1 is 0.730 bits per heavy atom. The van der Waals surface area contributed by atoms with Gasteiger partial charge in [0.2, 0.25) is 0 Å². The van der Waals surface area contributed by atoms with Crippen molar-refractivity contribution in [3.8, 4) is 22.6 Å². The van der Waals surface area contributed by atoms with Crippen LogP contribution in [0.3, 0.4) is 0 Å². The molecular weight excluding hydrogens is 476 g/mol. The summed E-state index contributed by atoms with van der Waals surface area (Å²) < 4.78 is 26.8. The lowest BCUT2D eigenvalue weighted by atomic mass is 10.0. The van der Waals surface area contributed by atoms with Gasteiger partial charge in [0, 0.05) is 24.6 Å². The maximum absolute atomic E-state index is 11.6. The SMILES string of the molecule is C=CC(=O)OCCCOc1ccc(-c2ccc(OCC(COC(=O)C=C)OC(=O)C=C)c(C)c2)cc1C. The molecule has 0 aromatic heterocycles. The first-order valence-electron chi connectivity index (χ1n) is 11.7. The number of benzene rings is 2. The van der Waals surface area contributed by atoms with Crippen molar-refractivity contribution in [2.24, 2.45) is 0 Å². The van der Waals surface area contributed by atoms with Gasteiger partial charge in [0.25, 0.3) is 0 Å². The molecule has 37 heavy (non-hydrogen) atoms. The third kappa shape index (κ3) is 9.68. The number of esters is 3. The van der Waals surface area contributed by atoms with Gasteiger partial charge in [-0.25, -0.2) is 14.4 Å². The number of carbonyl (C=O) groups is 3.